The van der Waals surface area contributed by atoms with Gasteiger partial charge in [0.15, 0.2) is 5.76 Å². The average Bonchev–Trinajstić information content (AvgIpc) is 3.26. The highest BCUT2D eigenvalue weighted by Crippen LogP contribution is 2.23. The number of carbonyl (C=O) groups excluding carboxylic acids is 1. The predicted octanol–water partition coefficient (Wildman–Crippen LogP) is 3.53. The number of aliphatic hydroxyl groups is 1. The highest BCUT2D eigenvalue weighted by atomic mass is 16.5. The molecule has 2 amide bonds. The number of ether oxygens (including phenoxy) is 2. The number of rotatable bonds is 8. The molecule has 4 rings (SSSR count). The summed E-state index contributed by atoms with van der Waals surface area (Å²) < 4.78 is 17.1. The first kappa shape index (κ1) is 21.9. The lowest BCUT2D eigenvalue weighted by molar-refractivity contribution is -0.113. The number of aromatic nitrogens is 1. The first-order valence-corrected chi connectivity index (χ1v) is 10.7. The van der Waals surface area contributed by atoms with Crippen molar-refractivity contribution >= 4 is 11.7 Å². The lowest BCUT2D eigenvalue weighted by Crippen LogP contribution is -2.47. The number of nitrogens with one attached hydrogen (secondary N) is 2. The zero-order valence-electron chi connectivity index (χ0n) is 17.6. The minimum atomic E-state index is -0.629. The highest BCUT2D eigenvalue weighted by Gasteiger charge is 2.30. The Balaban J connectivity index is 1.23. The van der Waals surface area contributed by atoms with Gasteiger partial charge in [-0.25, -0.2) is 4.79 Å². The fourth-order valence-corrected chi connectivity index (χ4v) is 3.60. The summed E-state index contributed by atoms with van der Waals surface area (Å²) in [6.07, 6.45) is 0.637. The maximum Gasteiger partial charge on any atom is 0.319 e. The molecule has 3 N–H and O–H groups in total. The number of benzene rings is 2. The van der Waals surface area contributed by atoms with Gasteiger partial charge in [0.05, 0.1) is 17.9 Å². The third-order valence-electron chi connectivity index (χ3n) is 5.25. The second kappa shape index (κ2) is 10.8. The molecule has 2 aromatic carbocycles. The molecule has 0 bridgehead atoms. The van der Waals surface area contributed by atoms with E-state index in [0.717, 1.165) is 11.4 Å². The molecular formula is C24H27N3O5. The van der Waals surface area contributed by atoms with Crippen LogP contribution in [0.25, 0.3) is 0 Å². The maximum absolute atomic E-state index is 12.1. The Hall–Kier alpha value is -3.36. The van der Waals surface area contributed by atoms with Crippen LogP contribution in [0.15, 0.2) is 71.3 Å². The molecule has 8 heteroatoms. The SMILES string of the molecule is O=C(NC[C@H]1O[C@H](Cc2cc(COc3ccccc3)on2)CC[C@@H]1O)Nc1ccccc1. The van der Waals surface area contributed by atoms with Crippen molar-refractivity contribution in [3.05, 3.63) is 78.2 Å². The molecule has 1 fully saturated rings. The minimum Gasteiger partial charge on any atom is -0.486 e. The van der Waals surface area contributed by atoms with Gasteiger partial charge < -0.3 is 29.7 Å². The Morgan fingerprint density at radius 2 is 1.84 bits per heavy atom. The van der Waals surface area contributed by atoms with E-state index in [4.69, 9.17) is 14.0 Å². The second-order valence-corrected chi connectivity index (χ2v) is 7.73. The van der Waals surface area contributed by atoms with Crippen LogP contribution in [0.4, 0.5) is 10.5 Å². The summed E-state index contributed by atoms with van der Waals surface area (Å²) in [6.45, 7) is 0.510. The smallest absolute Gasteiger partial charge is 0.319 e. The van der Waals surface area contributed by atoms with Crippen molar-refractivity contribution in [3.8, 4) is 5.75 Å². The maximum atomic E-state index is 12.1. The summed E-state index contributed by atoms with van der Waals surface area (Å²) >= 11 is 0. The van der Waals surface area contributed by atoms with E-state index in [1.165, 1.54) is 0 Å². The second-order valence-electron chi connectivity index (χ2n) is 7.73. The van der Waals surface area contributed by atoms with Crippen LogP contribution in [-0.4, -0.2) is 41.2 Å². The minimum absolute atomic E-state index is 0.115. The van der Waals surface area contributed by atoms with Crippen molar-refractivity contribution in [2.45, 2.75) is 44.2 Å². The Kier molecular flexibility index (Phi) is 7.37. The van der Waals surface area contributed by atoms with Gasteiger partial charge in [-0.1, -0.05) is 41.6 Å². The zero-order chi connectivity index (χ0) is 22.2. The van der Waals surface area contributed by atoms with E-state index in [2.05, 4.69) is 15.8 Å². The third-order valence-corrected chi connectivity index (χ3v) is 5.25. The summed E-state index contributed by atoms with van der Waals surface area (Å²) in [5.74, 6) is 1.40. The number of para-hydroxylation sites is 2. The monoisotopic (exact) mass is 437 g/mol. The molecule has 0 spiro atoms. The van der Waals surface area contributed by atoms with Crippen molar-refractivity contribution in [2.24, 2.45) is 0 Å². The molecule has 1 saturated heterocycles. The van der Waals surface area contributed by atoms with Crippen LogP contribution in [0.1, 0.15) is 24.3 Å². The van der Waals surface area contributed by atoms with Crippen LogP contribution < -0.4 is 15.4 Å². The first-order chi connectivity index (χ1) is 15.7. The molecule has 2 heterocycles. The van der Waals surface area contributed by atoms with Crippen LogP contribution in [0.3, 0.4) is 0 Å². The summed E-state index contributed by atoms with van der Waals surface area (Å²) in [5.41, 5.74) is 1.47. The Labute approximate surface area is 186 Å². The summed E-state index contributed by atoms with van der Waals surface area (Å²) in [5, 5.41) is 19.9. The van der Waals surface area contributed by atoms with Crippen LogP contribution in [0.2, 0.25) is 0 Å². The molecule has 168 valence electrons. The number of amides is 2. The molecule has 0 radical (unpaired) electrons. The van der Waals surface area contributed by atoms with Crippen LogP contribution in [0.5, 0.6) is 5.75 Å². The topological polar surface area (TPSA) is 106 Å². The van der Waals surface area contributed by atoms with Gasteiger partial charge in [0, 0.05) is 24.7 Å². The Morgan fingerprint density at radius 3 is 2.62 bits per heavy atom. The lowest BCUT2D eigenvalue weighted by Gasteiger charge is -2.33. The average molecular weight is 437 g/mol. The van der Waals surface area contributed by atoms with Crippen molar-refractivity contribution in [1.29, 1.82) is 0 Å². The molecule has 1 aliphatic heterocycles. The van der Waals surface area contributed by atoms with Gasteiger partial charge in [-0.3, -0.25) is 0 Å². The number of hydrogen-bond donors (Lipinski definition) is 3. The van der Waals surface area contributed by atoms with E-state index in [9.17, 15) is 9.90 Å². The molecule has 0 aliphatic carbocycles. The van der Waals surface area contributed by atoms with Gasteiger partial charge >= 0.3 is 6.03 Å². The van der Waals surface area contributed by atoms with Crippen molar-refractivity contribution < 1.29 is 23.9 Å². The molecule has 1 aromatic heterocycles. The number of nitrogens with zero attached hydrogens (tertiary/aromatic N) is 1. The van der Waals surface area contributed by atoms with Crippen LogP contribution >= 0.6 is 0 Å². The number of urea groups is 1. The fraction of sp³-hybridized carbons (Fsp3) is 0.333. The fourth-order valence-electron chi connectivity index (χ4n) is 3.60. The highest BCUT2D eigenvalue weighted by molar-refractivity contribution is 5.89. The normalized spacial score (nSPS) is 20.5. The molecule has 3 aromatic rings. The molecule has 8 nitrogen and oxygen atoms in total. The van der Waals surface area contributed by atoms with E-state index in [0.29, 0.717) is 37.3 Å². The lowest BCUT2D eigenvalue weighted by atomic mass is 9.98. The number of aliphatic hydroxyl groups excluding tert-OH is 1. The van der Waals surface area contributed by atoms with Gasteiger partial charge in [-0.15, -0.1) is 0 Å². The van der Waals surface area contributed by atoms with Crippen LogP contribution in [0, 0.1) is 0 Å². The summed E-state index contributed by atoms with van der Waals surface area (Å²) in [7, 11) is 0. The largest absolute Gasteiger partial charge is 0.486 e. The zero-order valence-corrected chi connectivity index (χ0v) is 17.6. The van der Waals surface area contributed by atoms with Crippen molar-refractivity contribution in [3.63, 3.8) is 0 Å². The molecule has 3 atom stereocenters. The van der Waals surface area contributed by atoms with E-state index in [1.807, 2.05) is 54.6 Å². The van der Waals surface area contributed by atoms with Gasteiger partial charge in [0.25, 0.3) is 0 Å². The van der Waals surface area contributed by atoms with Crippen LogP contribution in [-0.2, 0) is 17.8 Å². The Morgan fingerprint density at radius 1 is 1.09 bits per heavy atom. The predicted molar refractivity (Wildman–Crippen MR) is 118 cm³/mol. The number of hydrogen-bond acceptors (Lipinski definition) is 6. The quantitative estimate of drug-likeness (QED) is 0.498. The standard InChI is InChI=1S/C24H27N3O5/c28-22-12-11-20(31-23(22)15-25-24(29)26-17-7-3-1-4-8-17)13-18-14-21(32-27-18)16-30-19-9-5-2-6-10-19/h1-10,14,20,22-23,28H,11-13,15-16H2,(H2,25,26,29)/t20-,22-,23+/m0/s1. The van der Waals surface area contributed by atoms with E-state index in [-0.39, 0.29) is 18.7 Å². The van der Waals surface area contributed by atoms with E-state index >= 15 is 0 Å². The van der Waals surface area contributed by atoms with Crippen molar-refractivity contribution in [1.82, 2.24) is 10.5 Å². The Bertz CT molecular complexity index is 980. The van der Waals surface area contributed by atoms with Gasteiger partial charge in [0.1, 0.15) is 18.5 Å². The molecule has 1 aliphatic rings. The van der Waals surface area contributed by atoms with E-state index in [1.54, 1.807) is 12.1 Å². The summed E-state index contributed by atoms with van der Waals surface area (Å²) in [4.78, 5) is 12.1. The first-order valence-electron chi connectivity index (χ1n) is 10.7. The van der Waals surface area contributed by atoms with Gasteiger partial charge in [0.2, 0.25) is 0 Å². The molecule has 32 heavy (non-hydrogen) atoms. The third kappa shape index (κ3) is 6.32. The number of anilines is 1. The molecule has 0 saturated carbocycles. The van der Waals surface area contributed by atoms with E-state index < -0.39 is 12.2 Å². The van der Waals surface area contributed by atoms with Gasteiger partial charge in [-0.2, -0.15) is 0 Å². The molecular weight excluding hydrogens is 410 g/mol. The van der Waals surface area contributed by atoms with Gasteiger partial charge in [-0.05, 0) is 37.1 Å². The molecule has 0 unspecified atom stereocenters. The number of carbonyl (C=O) groups is 1. The summed E-state index contributed by atoms with van der Waals surface area (Å²) in [6, 6.07) is 20.2. The van der Waals surface area contributed by atoms with Crippen molar-refractivity contribution in [2.75, 3.05) is 11.9 Å².